The van der Waals surface area contributed by atoms with E-state index in [1.54, 1.807) is 10.4 Å². The van der Waals surface area contributed by atoms with Gasteiger partial charge in [-0.3, -0.25) is 0 Å². The molecule has 0 spiro atoms. The van der Waals surface area contributed by atoms with Crippen molar-refractivity contribution in [2.45, 2.75) is 118 Å². The molecule has 0 aliphatic rings. The smallest absolute Gasteiger partial charge is 0.0656 e. The molecule has 0 amide bonds. The second-order valence-corrected chi connectivity index (χ2v) is 33.0. The minimum atomic E-state index is -1.64. The van der Waals surface area contributed by atoms with E-state index in [0.29, 0.717) is 0 Å². The summed E-state index contributed by atoms with van der Waals surface area (Å²) in [7, 11) is -3.28. The third-order valence-corrected chi connectivity index (χ3v) is 17.1. The molecule has 8 rings (SSSR count). The standard InChI is InChI=1S/C58H66Si2/c1-56(2,3)41-22-16-37(17-23-41)50-35-51(38-18-24-42(25-19-38)57(4,5)6)47-30-31-49-53(40-32-44(59(10,11)12)34-45(33-40)60(13,14)15)36-52(48-29-28-46(50)54(47)55(48)49)39-20-26-43(27-21-39)58(7,8)9/h16-36H,1-15H3. The van der Waals surface area contributed by atoms with Crippen molar-refractivity contribution in [3.8, 4) is 44.5 Å². The minimum absolute atomic E-state index is 0.0832. The fourth-order valence-corrected chi connectivity index (χ4v) is 11.5. The molecule has 2 heteroatoms. The summed E-state index contributed by atoms with van der Waals surface area (Å²) in [6.45, 7) is 35.7. The fourth-order valence-electron chi connectivity index (χ4n) is 9.05. The molecule has 0 aliphatic carbocycles. The Morgan fingerprint density at radius 3 is 0.767 bits per heavy atom. The third-order valence-electron chi connectivity index (χ3n) is 13.1. The lowest BCUT2D eigenvalue weighted by Gasteiger charge is -2.26. The lowest BCUT2D eigenvalue weighted by Crippen LogP contribution is -2.45. The predicted molar refractivity (Wildman–Crippen MR) is 274 cm³/mol. The summed E-state index contributed by atoms with van der Waals surface area (Å²) in [4.78, 5) is 0. The van der Waals surface area contributed by atoms with Crippen LogP contribution in [0.1, 0.15) is 79.0 Å². The first-order valence-corrected chi connectivity index (χ1v) is 29.2. The Hall–Kier alpha value is -4.77. The summed E-state index contributed by atoms with van der Waals surface area (Å²) in [5, 5.41) is 11.1. The maximum absolute atomic E-state index is 2.57. The maximum atomic E-state index is 2.57. The van der Waals surface area contributed by atoms with Crippen LogP contribution in [0.25, 0.3) is 76.8 Å². The number of hydrogen-bond acceptors (Lipinski definition) is 0. The van der Waals surface area contributed by atoms with E-state index in [2.05, 4.69) is 229 Å². The molecule has 0 atom stereocenters. The van der Waals surface area contributed by atoms with Crippen molar-refractivity contribution in [3.05, 3.63) is 144 Å². The van der Waals surface area contributed by atoms with E-state index >= 15 is 0 Å². The van der Waals surface area contributed by atoms with Crippen LogP contribution in [0.4, 0.5) is 0 Å². The molecule has 0 saturated heterocycles. The van der Waals surface area contributed by atoms with E-state index in [9.17, 15) is 0 Å². The summed E-state index contributed by atoms with van der Waals surface area (Å²) >= 11 is 0. The van der Waals surface area contributed by atoms with Crippen molar-refractivity contribution in [3.63, 3.8) is 0 Å². The number of benzene rings is 8. The van der Waals surface area contributed by atoms with Crippen LogP contribution < -0.4 is 10.4 Å². The average Bonchev–Trinajstić information content (AvgIpc) is 3.18. The van der Waals surface area contributed by atoms with Crippen LogP contribution >= 0.6 is 0 Å². The summed E-state index contributed by atoms with van der Waals surface area (Å²) in [6, 6.07) is 50.6. The van der Waals surface area contributed by atoms with Gasteiger partial charge in [0.05, 0.1) is 16.1 Å². The first-order chi connectivity index (χ1) is 27.9. The van der Waals surface area contributed by atoms with Crippen LogP contribution in [0.2, 0.25) is 39.3 Å². The molecule has 0 bridgehead atoms. The fraction of sp³-hybridized carbons (Fsp3) is 0.310. The zero-order chi connectivity index (χ0) is 43.3. The van der Waals surface area contributed by atoms with Gasteiger partial charge >= 0.3 is 0 Å². The molecular weight excluding hydrogens is 753 g/mol. The molecule has 8 aromatic rings. The van der Waals surface area contributed by atoms with Crippen LogP contribution in [0.15, 0.2) is 127 Å². The SMILES string of the molecule is CC(C)(C)c1ccc(-c2cc(-c3ccc(C(C)(C)C)cc3)c3ccc4c(-c5cc([Si](C)(C)C)cc([Si](C)(C)C)c5)cc(-c5ccc(C(C)(C)C)cc5)c5ccc2c3c54)cc1. The molecule has 0 aliphatic heterocycles. The zero-order valence-corrected chi connectivity index (χ0v) is 41.1. The molecule has 306 valence electrons. The molecule has 0 radical (unpaired) electrons. The van der Waals surface area contributed by atoms with E-state index in [1.165, 1.54) is 93.5 Å². The predicted octanol–water partition coefficient (Wildman–Crippen LogP) is 16.2. The summed E-state index contributed by atoms with van der Waals surface area (Å²) in [5.74, 6) is 0. The van der Waals surface area contributed by atoms with Crippen molar-refractivity contribution >= 4 is 58.8 Å². The van der Waals surface area contributed by atoms with Gasteiger partial charge < -0.3 is 0 Å². The average molecular weight is 819 g/mol. The lowest BCUT2D eigenvalue weighted by molar-refractivity contribution is 0.590. The van der Waals surface area contributed by atoms with Crippen molar-refractivity contribution < 1.29 is 0 Å². The Morgan fingerprint density at radius 1 is 0.283 bits per heavy atom. The lowest BCUT2D eigenvalue weighted by atomic mass is 9.80. The van der Waals surface area contributed by atoms with Crippen molar-refractivity contribution in [1.82, 2.24) is 0 Å². The molecule has 0 N–H and O–H groups in total. The molecule has 0 nitrogen and oxygen atoms in total. The van der Waals surface area contributed by atoms with Gasteiger partial charge in [-0.2, -0.15) is 0 Å². The van der Waals surface area contributed by atoms with Crippen LogP contribution in [0, 0.1) is 0 Å². The molecule has 60 heavy (non-hydrogen) atoms. The summed E-state index contributed by atoms with van der Waals surface area (Å²) in [5.41, 5.74) is 14.7. The number of hydrogen-bond donors (Lipinski definition) is 0. The minimum Gasteiger partial charge on any atom is -0.0656 e. The first kappa shape index (κ1) is 41.9. The molecule has 0 aromatic heterocycles. The van der Waals surface area contributed by atoms with Crippen molar-refractivity contribution in [2.75, 3.05) is 0 Å². The van der Waals surface area contributed by atoms with Crippen LogP contribution in [0.5, 0.6) is 0 Å². The Balaban J connectivity index is 1.53. The third kappa shape index (κ3) is 7.71. The summed E-state index contributed by atoms with van der Waals surface area (Å²) in [6.07, 6.45) is 0. The van der Waals surface area contributed by atoms with Crippen LogP contribution in [-0.2, 0) is 16.2 Å². The van der Waals surface area contributed by atoms with Gasteiger partial charge in [0.25, 0.3) is 0 Å². The van der Waals surface area contributed by atoms with Gasteiger partial charge in [-0.05, 0) is 122 Å². The van der Waals surface area contributed by atoms with Gasteiger partial charge in [0.1, 0.15) is 0 Å². The van der Waals surface area contributed by atoms with E-state index in [1.807, 2.05) is 0 Å². The second-order valence-electron chi connectivity index (χ2n) is 22.8. The molecule has 0 heterocycles. The zero-order valence-electron chi connectivity index (χ0n) is 39.1. The quantitative estimate of drug-likeness (QED) is 0.116. The highest BCUT2D eigenvalue weighted by Crippen LogP contribution is 2.49. The Labute approximate surface area is 363 Å². The topological polar surface area (TPSA) is 0 Å². The highest BCUT2D eigenvalue weighted by Gasteiger charge is 2.26. The van der Waals surface area contributed by atoms with Gasteiger partial charge in [-0.25, -0.2) is 0 Å². The van der Waals surface area contributed by atoms with Crippen LogP contribution in [-0.4, -0.2) is 16.1 Å². The normalized spacial score (nSPS) is 13.2. The highest BCUT2D eigenvalue weighted by atomic mass is 28.3. The van der Waals surface area contributed by atoms with E-state index < -0.39 is 16.1 Å². The Kier molecular flexibility index (Phi) is 10.1. The Morgan fingerprint density at radius 2 is 0.533 bits per heavy atom. The molecule has 0 saturated carbocycles. The van der Waals surface area contributed by atoms with Crippen LogP contribution in [0.3, 0.4) is 0 Å². The second kappa shape index (κ2) is 14.4. The molecular formula is C58H66Si2. The van der Waals surface area contributed by atoms with Crippen molar-refractivity contribution in [1.29, 1.82) is 0 Å². The van der Waals surface area contributed by atoms with E-state index in [4.69, 9.17) is 0 Å². The first-order valence-electron chi connectivity index (χ1n) is 22.2. The molecule has 0 fully saturated rings. The summed E-state index contributed by atoms with van der Waals surface area (Å²) < 4.78 is 0. The molecule has 8 aromatic carbocycles. The maximum Gasteiger partial charge on any atom is 0.0776 e. The van der Waals surface area contributed by atoms with Gasteiger partial charge in [0, 0.05) is 0 Å². The molecule has 0 unspecified atom stereocenters. The Bertz CT molecular complexity index is 2760. The van der Waals surface area contributed by atoms with E-state index in [0.717, 1.165) is 0 Å². The largest absolute Gasteiger partial charge is 0.0776 e. The monoisotopic (exact) mass is 818 g/mol. The van der Waals surface area contributed by atoms with Gasteiger partial charge in [-0.1, -0.05) is 227 Å². The van der Waals surface area contributed by atoms with E-state index in [-0.39, 0.29) is 16.2 Å². The van der Waals surface area contributed by atoms with Gasteiger partial charge in [0.2, 0.25) is 0 Å². The number of rotatable bonds is 6. The van der Waals surface area contributed by atoms with Gasteiger partial charge in [0.15, 0.2) is 0 Å². The van der Waals surface area contributed by atoms with Gasteiger partial charge in [-0.15, -0.1) is 0 Å². The van der Waals surface area contributed by atoms with Crippen molar-refractivity contribution in [2.24, 2.45) is 0 Å². The highest BCUT2D eigenvalue weighted by molar-refractivity contribution is 6.91.